The first kappa shape index (κ1) is 13.4. The van der Waals surface area contributed by atoms with E-state index in [1.807, 2.05) is 54.6 Å². The predicted octanol–water partition coefficient (Wildman–Crippen LogP) is 3.34. The Morgan fingerprint density at radius 3 is 2.62 bits per heavy atom. The Labute approximate surface area is 123 Å². The summed E-state index contributed by atoms with van der Waals surface area (Å²) in [6.07, 6.45) is 3.57. The summed E-state index contributed by atoms with van der Waals surface area (Å²) in [7, 11) is 0. The van der Waals surface area contributed by atoms with Gasteiger partial charge >= 0.3 is 0 Å². The van der Waals surface area contributed by atoms with Crippen LogP contribution in [0.4, 0.5) is 0 Å². The summed E-state index contributed by atoms with van der Waals surface area (Å²) in [5.41, 5.74) is 3.43. The molecule has 0 heterocycles. The Kier molecular flexibility index (Phi) is 3.96. The fourth-order valence-corrected chi connectivity index (χ4v) is 1.89. The maximum atomic E-state index is 11.5. The molecule has 0 spiro atoms. The van der Waals surface area contributed by atoms with Crippen molar-refractivity contribution in [3.05, 3.63) is 60.2 Å². The molecule has 2 aromatic carbocycles. The van der Waals surface area contributed by atoms with Gasteiger partial charge in [-0.15, -0.1) is 0 Å². The lowest BCUT2D eigenvalue weighted by Crippen LogP contribution is -2.18. The number of hydrogen-bond acceptors (Lipinski definition) is 3. The molecule has 1 fully saturated rings. The number of nitrogens with zero attached hydrogens (tertiary/aromatic N) is 1. The lowest BCUT2D eigenvalue weighted by Gasteiger charge is -2.05. The van der Waals surface area contributed by atoms with Crippen molar-refractivity contribution in [3.63, 3.8) is 0 Å². The van der Waals surface area contributed by atoms with Crippen molar-refractivity contribution in [1.29, 1.82) is 0 Å². The van der Waals surface area contributed by atoms with Crippen molar-refractivity contribution < 1.29 is 9.53 Å². The molecule has 21 heavy (non-hydrogen) atoms. The van der Waals surface area contributed by atoms with Crippen LogP contribution in [0.25, 0.3) is 0 Å². The van der Waals surface area contributed by atoms with Gasteiger partial charge in [-0.05, 0) is 42.7 Å². The largest absolute Gasteiger partial charge is 0.457 e. The van der Waals surface area contributed by atoms with Crippen LogP contribution in [0.5, 0.6) is 11.5 Å². The van der Waals surface area contributed by atoms with E-state index in [2.05, 4.69) is 10.5 Å². The Balaban J connectivity index is 1.62. The van der Waals surface area contributed by atoms with E-state index in [1.54, 1.807) is 6.21 Å². The molecule has 0 aromatic heterocycles. The Hall–Kier alpha value is -2.62. The number of carbonyl (C=O) groups excluding carboxylic acids is 1. The first-order valence-electron chi connectivity index (χ1n) is 6.97. The molecule has 1 saturated carbocycles. The average molecular weight is 280 g/mol. The van der Waals surface area contributed by atoms with Crippen LogP contribution in [-0.2, 0) is 4.79 Å². The number of carbonyl (C=O) groups is 1. The topological polar surface area (TPSA) is 50.7 Å². The molecular formula is C17H16N2O2. The summed E-state index contributed by atoms with van der Waals surface area (Å²) < 4.78 is 5.75. The minimum atomic E-state index is 0.00272. The molecule has 4 nitrogen and oxygen atoms in total. The normalized spacial score (nSPS) is 14.1. The summed E-state index contributed by atoms with van der Waals surface area (Å²) in [6.45, 7) is 0. The SMILES string of the molecule is O=C(N/N=C/c1cccc(Oc2ccccc2)c1)C1CC1. The van der Waals surface area contributed by atoms with Gasteiger partial charge in [0.25, 0.3) is 0 Å². The van der Waals surface area contributed by atoms with Gasteiger partial charge in [0.1, 0.15) is 11.5 Å². The van der Waals surface area contributed by atoms with Gasteiger partial charge in [0.05, 0.1) is 6.21 Å². The van der Waals surface area contributed by atoms with Crippen molar-refractivity contribution in [3.8, 4) is 11.5 Å². The second-order valence-electron chi connectivity index (χ2n) is 5.00. The minimum absolute atomic E-state index is 0.00272. The van der Waals surface area contributed by atoms with Crippen LogP contribution in [0, 0.1) is 5.92 Å². The van der Waals surface area contributed by atoms with Crippen molar-refractivity contribution >= 4 is 12.1 Å². The van der Waals surface area contributed by atoms with Crippen LogP contribution in [0.15, 0.2) is 59.7 Å². The van der Waals surface area contributed by atoms with Crippen LogP contribution >= 0.6 is 0 Å². The molecule has 0 saturated heterocycles. The highest BCUT2D eigenvalue weighted by atomic mass is 16.5. The maximum absolute atomic E-state index is 11.5. The highest BCUT2D eigenvalue weighted by Gasteiger charge is 2.29. The van der Waals surface area contributed by atoms with E-state index >= 15 is 0 Å². The van der Waals surface area contributed by atoms with E-state index in [-0.39, 0.29) is 11.8 Å². The monoisotopic (exact) mass is 280 g/mol. The average Bonchev–Trinajstić information content (AvgIpc) is 3.33. The van der Waals surface area contributed by atoms with E-state index < -0.39 is 0 Å². The molecule has 0 aliphatic heterocycles. The first-order valence-corrected chi connectivity index (χ1v) is 6.97. The molecule has 106 valence electrons. The van der Waals surface area contributed by atoms with Gasteiger partial charge in [-0.2, -0.15) is 5.10 Å². The zero-order chi connectivity index (χ0) is 14.5. The summed E-state index contributed by atoms with van der Waals surface area (Å²) >= 11 is 0. The number of benzene rings is 2. The van der Waals surface area contributed by atoms with Gasteiger partial charge in [-0.3, -0.25) is 4.79 Å². The molecule has 0 atom stereocenters. The molecule has 4 heteroatoms. The van der Waals surface area contributed by atoms with Crippen LogP contribution in [-0.4, -0.2) is 12.1 Å². The Morgan fingerprint density at radius 2 is 1.86 bits per heavy atom. The predicted molar refractivity (Wildman–Crippen MR) is 81.4 cm³/mol. The lowest BCUT2D eigenvalue weighted by molar-refractivity contribution is -0.122. The van der Waals surface area contributed by atoms with E-state index in [9.17, 15) is 4.79 Å². The molecule has 1 N–H and O–H groups in total. The van der Waals surface area contributed by atoms with E-state index in [0.717, 1.165) is 29.9 Å². The fraction of sp³-hybridized carbons (Fsp3) is 0.176. The molecule has 1 amide bonds. The molecular weight excluding hydrogens is 264 g/mol. The Bertz CT molecular complexity index is 649. The van der Waals surface area contributed by atoms with E-state index in [4.69, 9.17) is 4.74 Å². The van der Waals surface area contributed by atoms with Crippen LogP contribution < -0.4 is 10.2 Å². The summed E-state index contributed by atoms with van der Waals surface area (Å²) in [5, 5.41) is 3.97. The molecule has 1 aliphatic rings. The van der Waals surface area contributed by atoms with Gasteiger partial charge in [0.15, 0.2) is 0 Å². The third kappa shape index (κ3) is 3.92. The third-order valence-electron chi connectivity index (χ3n) is 3.17. The van der Waals surface area contributed by atoms with Gasteiger partial charge in [-0.25, -0.2) is 5.43 Å². The summed E-state index contributed by atoms with van der Waals surface area (Å²) in [5.74, 6) is 1.69. The minimum Gasteiger partial charge on any atom is -0.457 e. The van der Waals surface area contributed by atoms with Crippen molar-refractivity contribution in [2.24, 2.45) is 11.0 Å². The van der Waals surface area contributed by atoms with Crippen LogP contribution in [0.2, 0.25) is 0 Å². The lowest BCUT2D eigenvalue weighted by atomic mass is 10.2. The molecule has 2 aromatic rings. The highest BCUT2D eigenvalue weighted by molar-refractivity contribution is 5.84. The van der Waals surface area contributed by atoms with E-state index in [0.29, 0.717) is 0 Å². The number of rotatable bonds is 5. The zero-order valence-corrected chi connectivity index (χ0v) is 11.5. The van der Waals surface area contributed by atoms with Crippen molar-refractivity contribution in [2.75, 3.05) is 0 Å². The number of hydrogen-bond donors (Lipinski definition) is 1. The summed E-state index contributed by atoms with van der Waals surface area (Å²) in [6, 6.07) is 17.1. The molecule has 0 radical (unpaired) electrons. The van der Waals surface area contributed by atoms with Crippen molar-refractivity contribution in [1.82, 2.24) is 5.43 Å². The molecule has 3 rings (SSSR count). The fourth-order valence-electron chi connectivity index (χ4n) is 1.89. The number of para-hydroxylation sites is 1. The second-order valence-corrected chi connectivity index (χ2v) is 5.00. The molecule has 1 aliphatic carbocycles. The van der Waals surface area contributed by atoms with Crippen LogP contribution in [0.1, 0.15) is 18.4 Å². The number of hydrazone groups is 1. The van der Waals surface area contributed by atoms with Crippen molar-refractivity contribution in [2.45, 2.75) is 12.8 Å². The van der Waals surface area contributed by atoms with E-state index in [1.165, 1.54) is 0 Å². The smallest absolute Gasteiger partial charge is 0.243 e. The first-order chi connectivity index (χ1) is 10.3. The van der Waals surface area contributed by atoms with Gasteiger partial charge < -0.3 is 4.74 Å². The van der Waals surface area contributed by atoms with Gasteiger partial charge in [0.2, 0.25) is 5.91 Å². The molecule has 0 bridgehead atoms. The van der Waals surface area contributed by atoms with Crippen LogP contribution in [0.3, 0.4) is 0 Å². The summed E-state index contributed by atoms with van der Waals surface area (Å²) in [4.78, 5) is 11.5. The second kappa shape index (κ2) is 6.22. The molecule has 0 unspecified atom stereocenters. The number of nitrogens with one attached hydrogen (secondary N) is 1. The van der Waals surface area contributed by atoms with Gasteiger partial charge in [-0.1, -0.05) is 30.3 Å². The Morgan fingerprint density at radius 1 is 1.10 bits per heavy atom. The zero-order valence-electron chi connectivity index (χ0n) is 11.5. The quantitative estimate of drug-likeness (QED) is 0.674. The number of ether oxygens (including phenoxy) is 1. The van der Waals surface area contributed by atoms with Gasteiger partial charge in [0, 0.05) is 5.92 Å². The number of amides is 1. The third-order valence-corrected chi connectivity index (χ3v) is 3.17. The highest BCUT2D eigenvalue weighted by Crippen LogP contribution is 2.28. The maximum Gasteiger partial charge on any atom is 0.243 e. The standard InChI is InChI=1S/C17H16N2O2/c20-17(14-9-10-14)19-18-12-13-5-4-8-16(11-13)21-15-6-2-1-3-7-15/h1-8,11-12,14H,9-10H2,(H,19,20)/b18-12+.